The Kier molecular flexibility index (Phi) is 2.56. The van der Waals surface area contributed by atoms with Crippen LogP contribution in [0.25, 0.3) is 10.9 Å². The Hall–Kier alpha value is -1.97. The van der Waals surface area contributed by atoms with Crippen LogP contribution >= 0.6 is 0 Å². The number of esters is 1. The molecule has 0 atom stereocenters. The van der Waals surface area contributed by atoms with Crippen LogP contribution < -0.4 is 4.74 Å². The van der Waals surface area contributed by atoms with Crippen LogP contribution in [0.2, 0.25) is 0 Å². The topological polar surface area (TPSA) is 40.5 Å². The third kappa shape index (κ3) is 1.43. The number of benzene rings is 1. The Balaban J connectivity index is 2.78. The molecule has 0 radical (unpaired) electrons. The van der Waals surface area contributed by atoms with Crippen molar-refractivity contribution >= 4 is 16.9 Å². The molecular formula is C12H13NO3. The van der Waals surface area contributed by atoms with E-state index in [4.69, 9.17) is 9.47 Å². The standard InChI is InChI=1S/C12H13NO3/c1-13-7-6-8-9(13)4-5-10(15-2)11(8)12(14)16-3/h4-7H,1-3H3. The SMILES string of the molecule is COC(=O)c1c(OC)ccc2c1ccn2C. The van der Waals surface area contributed by atoms with Crippen molar-refractivity contribution in [2.75, 3.05) is 14.2 Å². The first-order valence-electron chi connectivity index (χ1n) is 4.89. The summed E-state index contributed by atoms with van der Waals surface area (Å²) >= 11 is 0. The molecule has 4 heteroatoms. The number of carbonyl (C=O) groups is 1. The monoisotopic (exact) mass is 219 g/mol. The van der Waals surface area contributed by atoms with E-state index in [9.17, 15) is 4.79 Å². The highest BCUT2D eigenvalue weighted by Crippen LogP contribution is 2.28. The highest BCUT2D eigenvalue weighted by Gasteiger charge is 2.17. The molecule has 0 bridgehead atoms. The summed E-state index contributed by atoms with van der Waals surface area (Å²) in [6, 6.07) is 5.57. The van der Waals surface area contributed by atoms with Gasteiger partial charge in [0, 0.05) is 24.1 Å². The molecule has 0 N–H and O–H groups in total. The Morgan fingerprint density at radius 2 is 2.00 bits per heavy atom. The zero-order chi connectivity index (χ0) is 11.7. The summed E-state index contributed by atoms with van der Waals surface area (Å²) in [5.41, 5.74) is 1.45. The van der Waals surface area contributed by atoms with E-state index in [0.29, 0.717) is 11.3 Å². The first-order chi connectivity index (χ1) is 7.69. The average Bonchev–Trinajstić information content (AvgIpc) is 2.69. The molecule has 0 spiro atoms. The molecule has 0 saturated heterocycles. The van der Waals surface area contributed by atoms with Gasteiger partial charge in [0.2, 0.25) is 0 Å². The van der Waals surface area contributed by atoms with E-state index in [1.807, 2.05) is 29.9 Å². The second kappa shape index (κ2) is 3.89. The number of hydrogen-bond acceptors (Lipinski definition) is 3. The molecule has 1 aromatic carbocycles. The van der Waals surface area contributed by atoms with Crippen LogP contribution in [0.5, 0.6) is 5.75 Å². The van der Waals surface area contributed by atoms with Crippen molar-refractivity contribution in [2.45, 2.75) is 0 Å². The molecule has 1 aromatic heterocycles. The van der Waals surface area contributed by atoms with Gasteiger partial charge in [-0.1, -0.05) is 0 Å². The fraction of sp³-hybridized carbons (Fsp3) is 0.250. The third-order valence-corrected chi connectivity index (χ3v) is 2.64. The number of carbonyl (C=O) groups excluding carboxylic acids is 1. The minimum Gasteiger partial charge on any atom is -0.496 e. The maximum Gasteiger partial charge on any atom is 0.342 e. The fourth-order valence-electron chi connectivity index (χ4n) is 1.81. The molecule has 16 heavy (non-hydrogen) atoms. The van der Waals surface area contributed by atoms with Gasteiger partial charge >= 0.3 is 5.97 Å². The Morgan fingerprint density at radius 1 is 1.25 bits per heavy atom. The first kappa shape index (κ1) is 10.5. The molecule has 0 unspecified atom stereocenters. The van der Waals surface area contributed by atoms with Crippen molar-refractivity contribution in [1.29, 1.82) is 0 Å². The molecule has 1 heterocycles. The lowest BCUT2D eigenvalue weighted by Gasteiger charge is -2.08. The van der Waals surface area contributed by atoms with E-state index in [1.54, 1.807) is 6.07 Å². The van der Waals surface area contributed by atoms with Crippen molar-refractivity contribution in [3.63, 3.8) is 0 Å². The highest BCUT2D eigenvalue weighted by molar-refractivity contribution is 6.06. The number of fused-ring (bicyclic) bond motifs is 1. The predicted molar refractivity (Wildman–Crippen MR) is 60.8 cm³/mol. The summed E-state index contributed by atoms with van der Waals surface area (Å²) in [7, 11) is 4.83. The minimum atomic E-state index is -0.381. The van der Waals surface area contributed by atoms with Crippen molar-refractivity contribution in [2.24, 2.45) is 7.05 Å². The molecule has 2 rings (SSSR count). The van der Waals surface area contributed by atoms with Gasteiger partial charge in [0.15, 0.2) is 0 Å². The number of ether oxygens (including phenoxy) is 2. The summed E-state index contributed by atoms with van der Waals surface area (Å²) in [6.45, 7) is 0. The van der Waals surface area contributed by atoms with Crippen LogP contribution in [0.1, 0.15) is 10.4 Å². The zero-order valence-electron chi connectivity index (χ0n) is 9.48. The highest BCUT2D eigenvalue weighted by atomic mass is 16.5. The number of nitrogens with zero attached hydrogens (tertiary/aromatic N) is 1. The van der Waals surface area contributed by atoms with E-state index in [0.717, 1.165) is 10.9 Å². The maximum absolute atomic E-state index is 11.7. The number of methoxy groups -OCH3 is 2. The van der Waals surface area contributed by atoms with E-state index >= 15 is 0 Å². The van der Waals surface area contributed by atoms with Gasteiger partial charge in [-0.15, -0.1) is 0 Å². The van der Waals surface area contributed by atoms with Gasteiger partial charge < -0.3 is 14.0 Å². The van der Waals surface area contributed by atoms with Crippen LogP contribution in [-0.4, -0.2) is 24.8 Å². The van der Waals surface area contributed by atoms with Crippen LogP contribution in [0.15, 0.2) is 24.4 Å². The van der Waals surface area contributed by atoms with Crippen molar-refractivity contribution in [3.8, 4) is 5.75 Å². The van der Waals surface area contributed by atoms with Crippen LogP contribution in [-0.2, 0) is 11.8 Å². The van der Waals surface area contributed by atoms with Gasteiger partial charge in [-0.2, -0.15) is 0 Å². The molecule has 84 valence electrons. The van der Waals surface area contributed by atoms with E-state index in [1.165, 1.54) is 14.2 Å². The lowest BCUT2D eigenvalue weighted by Crippen LogP contribution is -2.04. The van der Waals surface area contributed by atoms with Crippen LogP contribution in [0.4, 0.5) is 0 Å². The summed E-state index contributed by atoms with van der Waals surface area (Å²) in [6.07, 6.45) is 1.90. The quantitative estimate of drug-likeness (QED) is 0.725. The van der Waals surface area contributed by atoms with Gasteiger partial charge in [-0.05, 0) is 18.2 Å². The number of hydrogen-bond donors (Lipinski definition) is 0. The molecule has 4 nitrogen and oxygen atoms in total. The van der Waals surface area contributed by atoms with E-state index < -0.39 is 0 Å². The van der Waals surface area contributed by atoms with Gasteiger partial charge in [0.05, 0.1) is 14.2 Å². The van der Waals surface area contributed by atoms with Gasteiger partial charge in [-0.3, -0.25) is 0 Å². The van der Waals surface area contributed by atoms with Crippen LogP contribution in [0.3, 0.4) is 0 Å². The molecule has 0 amide bonds. The zero-order valence-corrected chi connectivity index (χ0v) is 9.48. The average molecular weight is 219 g/mol. The van der Waals surface area contributed by atoms with E-state index in [2.05, 4.69) is 0 Å². The molecule has 2 aromatic rings. The normalized spacial score (nSPS) is 10.4. The number of aryl methyl sites for hydroxylation is 1. The molecule has 0 fully saturated rings. The fourth-order valence-corrected chi connectivity index (χ4v) is 1.81. The second-order valence-corrected chi connectivity index (χ2v) is 3.49. The van der Waals surface area contributed by atoms with Crippen molar-refractivity contribution in [3.05, 3.63) is 30.0 Å². The van der Waals surface area contributed by atoms with Crippen LogP contribution in [0, 0.1) is 0 Å². The Labute approximate surface area is 93.4 Å². The number of rotatable bonds is 2. The van der Waals surface area contributed by atoms with E-state index in [-0.39, 0.29) is 5.97 Å². The Morgan fingerprint density at radius 3 is 2.62 bits per heavy atom. The molecule has 0 saturated carbocycles. The van der Waals surface area contributed by atoms with Gasteiger partial charge in [0.25, 0.3) is 0 Å². The number of aromatic nitrogens is 1. The minimum absolute atomic E-state index is 0.381. The van der Waals surface area contributed by atoms with Gasteiger partial charge in [-0.25, -0.2) is 4.79 Å². The lowest BCUT2D eigenvalue weighted by atomic mass is 10.1. The maximum atomic E-state index is 11.7. The van der Waals surface area contributed by atoms with Crippen molar-refractivity contribution < 1.29 is 14.3 Å². The predicted octanol–water partition coefficient (Wildman–Crippen LogP) is 1.97. The van der Waals surface area contributed by atoms with Crippen molar-refractivity contribution in [1.82, 2.24) is 4.57 Å². The molecule has 0 aliphatic carbocycles. The molecule has 0 aliphatic rings. The summed E-state index contributed by atoms with van der Waals surface area (Å²) in [4.78, 5) is 11.7. The first-order valence-corrected chi connectivity index (χ1v) is 4.89. The largest absolute Gasteiger partial charge is 0.496 e. The summed E-state index contributed by atoms with van der Waals surface area (Å²) in [5, 5.41) is 0.841. The third-order valence-electron chi connectivity index (χ3n) is 2.64. The lowest BCUT2D eigenvalue weighted by molar-refractivity contribution is 0.0599. The second-order valence-electron chi connectivity index (χ2n) is 3.49. The van der Waals surface area contributed by atoms with Gasteiger partial charge in [0.1, 0.15) is 11.3 Å². The smallest absolute Gasteiger partial charge is 0.342 e. The Bertz CT molecular complexity index is 542. The summed E-state index contributed by atoms with van der Waals surface area (Å²) in [5.74, 6) is 0.152. The molecule has 0 aliphatic heterocycles. The summed E-state index contributed by atoms with van der Waals surface area (Å²) < 4.78 is 11.9. The molecular weight excluding hydrogens is 206 g/mol.